The van der Waals surface area contributed by atoms with Crippen LogP contribution < -0.4 is 26.6 Å². The molecule has 0 saturated carbocycles. The molecule has 1 aliphatic rings. The van der Waals surface area contributed by atoms with Gasteiger partial charge in [0.1, 0.15) is 72.1 Å². The highest BCUT2D eigenvalue weighted by Crippen LogP contribution is 2.26. The molecule has 0 aromatic carbocycles. The molecule has 0 aromatic heterocycles. The Labute approximate surface area is 614 Å². The van der Waals surface area contributed by atoms with Crippen LogP contribution in [0.5, 0.6) is 0 Å². The summed E-state index contributed by atoms with van der Waals surface area (Å²) in [5.41, 5.74) is -0.813. The van der Waals surface area contributed by atoms with Crippen molar-refractivity contribution in [2.24, 2.45) is 41.4 Å². The quantitative estimate of drug-likeness (QED) is 0.0466. The number of nitrogens with one attached hydrogen (secondary N) is 5. The van der Waals surface area contributed by atoms with Gasteiger partial charge in [-0.2, -0.15) is 0 Å². The van der Waals surface area contributed by atoms with Crippen LogP contribution >= 0.6 is 0 Å². The Balaban J connectivity index is 4.30. The molecule has 590 valence electrons. The van der Waals surface area contributed by atoms with Gasteiger partial charge in [-0.25, -0.2) is 9.59 Å². The van der Waals surface area contributed by atoms with Gasteiger partial charge in [0.15, 0.2) is 0 Å². The number of unbranched alkanes of at least 4 members (excludes halogenated alkanes) is 1. The van der Waals surface area contributed by atoms with Crippen molar-refractivity contribution < 1.29 is 81.6 Å². The molecule has 1 saturated heterocycles. The largest absolute Gasteiger partial charge is 0.464 e. The molecule has 0 spiro atoms. The number of amides is 12. The molecule has 14 atom stereocenters. The predicted octanol–water partition coefficient (Wildman–Crippen LogP) is 4.50. The molecule has 0 aromatic rings. The number of carbonyl (C=O) groups excluding carboxylic acids is 13. The van der Waals surface area contributed by atoms with Crippen molar-refractivity contribution in [1.82, 2.24) is 60.9 Å². The first-order valence-corrected chi connectivity index (χ1v) is 36.7. The smallest absolute Gasteiger partial charge is 0.408 e. The number of aliphatic hydroxyl groups is 1. The van der Waals surface area contributed by atoms with Crippen LogP contribution in [0.2, 0.25) is 0 Å². The van der Waals surface area contributed by atoms with Gasteiger partial charge in [0, 0.05) is 55.9 Å². The molecule has 1 rings (SSSR count). The van der Waals surface area contributed by atoms with Crippen molar-refractivity contribution in [2.45, 2.75) is 275 Å². The van der Waals surface area contributed by atoms with Crippen LogP contribution in [0.15, 0.2) is 12.2 Å². The summed E-state index contributed by atoms with van der Waals surface area (Å²) in [5.74, 6) is -11.8. The second-order valence-corrected chi connectivity index (χ2v) is 31.2. The summed E-state index contributed by atoms with van der Waals surface area (Å²) in [7, 11) is 9.64. The normalized spacial score (nSPS) is 24.9. The van der Waals surface area contributed by atoms with Crippen molar-refractivity contribution in [3.8, 4) is 0 Å². The Morgan fingerprint density at radius 2 is 1.03 bits per heavy atom. The first kappa shape index (κ1) is 93.6. The van der Waals surface area contributed by atoms with Crippen LogP contribution in [0.3, 0.4) is 0 Å². The van der Waals surface area contributed by atoms with E-state index in [1.54, 1.807) is 95.2 Å². The highest BCUT2D eigenvalue weighted by atomic mass is 16.6. The van der Waals surface area contributed by atoms with E-state index in [0.29, 0.717) is 0 Å². The summed E-state index contributed by atoms with van der Waals surface area (Å²) in [5, 5.41) is 25.7. The van der Waals surface area contributed by atoms with Crippen LogP contribution in [0.4, 0.5) is 4.79 Å². The number of ether oxygens (including phenoxy) is 3. The molecule has 29 nitrogen and oxygen atoms in total. The van der Waals surface area contributed by atoms with Crippen molar-refractivity contribution in [3.05, 3.63) is 12.2 Å². The third kappa shape index (κ3) is 28.5. The standard InChI is InChI=1S/C74H132N12O17/c1-29-31-34-47(15)61(88)60-65(92)77-51(30-2)67(94)80(22)40-55(87)84(26)59(50(18)101-35-32-33-36-102-72(99)57(45(11)12)79-73(100)103-74(19,20)21)64(91)78-56(44(9)10)70(97)81(23)52(37-41(3)4)63(90)75-48(16)62(89)76-49(17)66(93)82(24)53(38-42(5)6)68(95)83(25)54(39-43(7)8)69(96)85(27)58(46(13)14)71(98)86(60)28/h29,31,41-54,56-61,88H,30,32-40H2,1-28H3,(H,75,90)(H,76,89)(H,77,92)(H,78,91)(H,79,100)/t47-,48+,49-,50-,51+,52+,53+,54+,56+,57+,58+,59+,60+,61-/m1/s1. The maximum atomic E-state index is 15.3. The summed E-state index contributed by atoms with van der Waals surface area (Å²) < 4.78 is 17.1. The first-order chi connectivity index (χ1) is 47.5. The van der Waals surface area contributed by atoms with Crippen LogP contribution in [0.25, 0.3) is 0 Å². The van der Waals surface area contributed by atoms with E-state index in [9.17, 15) is 43.5 Å². The molecule has 29 heteroatoms. The zero-order valence-electron chi connectivity index (χ0n) is 67.4. The van der Waals surface area contributed by atoms with Crippen LogP contribution in [0, 0.1) is 41.4 Å². The Kier molecular flexibility index (Phi) is 39.2. The van der Waals surface area contributed by atoms with Gasteiger partial charge in [-0.05, 0) is 135 Å². The van der Waals surface area contributed by atoms with E-state index in [2.05, 4.69) is 26.6 Å². The molecule has 12 amide bonds. The van der Waals surface area contributed by atoms with Gasteiger partial charge < -0.3 is 80.2 Å². The van der Waals surface area contributed by atoms with Crippen LogP contribution in [0.1, 0.15) is 190 Å². The number of hydrogen-bond donors (Lipinski definition) is 6. The molecule has 6 N–H and O–H groups in total. The maximum Gasteiger partial charge on any atom is 0.408 e. The highest BCUT2D eigenvalue weighted by Gasteiger charge is 2.46. The van der Waals surface area contributed by atoms with E-state index in [1.165, 1.54) is 89.7 Å². The summed E-state index contributed by atoms with van der Waals surface area (Å²) in [6, 6.07) is -14.4. The van der Waals surface area contributed by atoms with E-state index >= 15 is 24.0 Å². The monoisotopic (exact) mass is 1460 g/mol. The van der Waals surface area contributed by atoms with E-state index in [4.69, 9.17) is 14.2 Å². The Morgan fingerprint density at radius 3 is 1.51 bits per heavy atom. The van der Waals surface area contributed by atoms with E-state index < -0.39 is 186 Å². The number of nitrogens with zero attached hydrogens (tertiary/aromatic N) is 7. The average molecular weight is 1460 g/mol. The minimum atomic E-state index is -1.67. The second kappa shape index (κ2) is 43.1. The number of carbonyl (C=O) groups is 13. The van der Waals surface area contributed by atoms with Gasteiger partial charge in [0.25, 0.3) is 0 Å². The van der Waals surface area contributed by atoms with Crippen molar-refractivity contribution in [2.75, 3.05) is 69.1 Å². The number of likely N-dealkylation sites (N-methyl/N-ethyl adjacent to an activating group) is 7. The summed E-state index contributed by atoms with van der Waals surface area (Å²) >= 11 is 0. The lowest BCUT2D eigenvalue weighted by Gasteiger charge is -2.41. The number of esters is 1. The summed E-state index contributed by atoms with van der Waals surface area (Å²) in [6.07, 6.45) is 1.16. The van der Waals surface area contributed by atoms with E-state index in [1.807, 2.05) is 41.5 Å². The van der Waals surface area contributed by atoms with Gasteiger partial charge in [0.05, 0.1) is 25.4 Å². The molecule has 0 unspecified atom stereocenters. The fourth-order valence-electron chi connectivity index (χ4n) is 12.2. The molecule has 0 aliphatic carbocycles. The lowest BCUT2D eigenvalue weighted by molar-refractivity contribution is -0.157. The number of rotatable bonds is 23. The minimum Gasteiger partial charge on any atom is -0.464 e. The third-order valence-electron chi connectivity index (χ3n) is 18.5. The fraction of sp³-hybridized carbons (Fsp3) is 0.797. The van der Waals surface area contributed by atoms with E-state index in [0.717, 1.165) is 14.7 Å². The molecule has 1 aliphatic heterocycles. The Hall–Kier alpha value is -7.43. The lowest BCUT2D eigenvalue weighted by atomic mass is 9.91. The molecule has 1 fully saturated rings. The van der Waals surface area contributed by atoms with Crippen molar-refractivity contribution in [1.29, 1.82) is 0 Å². The third-order valence-corrected chi connectivity index (χ3v) is 18.5. The molecular formula is C74H132N12O17. The number of alkyl carbamates (subject to hydrolysis) is 1. The van der Waals surface area contributed by atoms with Gasteiger partial charge in [-0.15, -0.1) is 0 Å². The predicted molar refractivity (Wildman–Crippen MR) is 393 cm³/mol. The average Bonchev–Trinajstić information content (AvgIpc) is 0.807. The minimum absolute atomic E-state index is 0.0395. The SMILES string of the molecule is CC=CC[C@@H](C)[C@@H](O)[C@H]1C(=O)N[C@@H](CC)C(=O)N(C)CC(=O)N(C)[C@@H]([C@@H](C)OCCCCOC(=O)[C@@H](NC(=O)OC(C)(C)C)C(C)C)C(=O)N[C@@H](C(C)C)C(=O)N(C)[C@@H](CC(C)C)C(=O)N[C@@H](C)C(=O)N[C@H](C)C(=O)N(C)[C@@H](CC(C)C)C(=O)N(C)[C@@H](CC(C)C)C(=O)N(C)[C@@H](C(C)C)C(=O)N1C. The van der Waals surface area contributed by atoms with Gasteiger partial charge in [0.2, 0.25) is 65.0 Å². The Bertz CT molecular complexity index is 2880. The van der Waals surface area contributed by atoms with Crippen molar-refractivity contribution >= 4 is 77.0 Å². The van der Waals surface area contributed by atoms with Gasteiger partial charge in [-0.3, -0.25) is 52.7 Å². The van der Waals surface area contributed by atoms with Crippen LogP contribution in [-0.2, 0) is 71.7 Å². The summed E-state index contributed by atoms with van der Waals surface area (Å²) in [6.45, 7) is 35.0. The van der Waals surface area contributed by atoms with Gasteiger partial charge in [-0.1, -0.05) is 109 Å². The van der Waals surface area contributed by atoms with Gasteiger partial charge >= 0.3 is 12.1 Å². The molecule has 0 bridgehead atoms. The number of hydrogen-bond acceptors (Lipinski definition) is 17. The maximum absolute atomic E-state index is 15.3. The van der Waals surface area contributed by atoms with Crippen molar-refractivity contribution in [3.63, 3.8) is 0 Å². The summed E-state index contributed by atoms with van der Waals surface area (Å²) in [4.78, 5) is 197. The Morgan fingerprint density at radius 1 is 0.553 bits per heavy atom. The van der Waals surface area contributed by atoms with E-state index in [-0.39, 0.29) is 81.8 Å². The molecule has 1 heterocycles. The highest BCUT2D eigenvalue weighted by molar-refractivity contribution is 6.00. The second-order valence-electron chi connectivity index (χ2n) is 31.2. The first-order valence-electron chi connectivity index (χ1n) is 36.7. The lowest BCUT2D eigenvalue weighted by Crippen LogP contribution is -2.63. The van der Waals surface area contributed by atoms with Crippen LogP contribution in [-0.4, -0.2) is 270 Å². The topological polar surface area (TPSA) is 353 Å². The zero-order chi connectivity index (χ0) is 79.7. The number of allylic oxidation sites excluding steroid dienone is 2. The molecule has 0 radical (unpaired) electrons. The zero-order valence-corrected chi connectivity index (χ0v) is 67.4. The number of aliphatic hydroxyl groups excluding tert-OH is 1. The molecular weight excluding hydrogens is 1330 g/mol. The fourth-order valence-corrected chi connectivity index (χ4v) is 12.2. The molecule has 103 heavy (non-hydrogen) atoms.